The predicted octanol–water partition coefficient (Wildman–Crippen LogP) is 21.8. The van der Waals surface area contributed by atoms with Crippen LogP contribution >= 0.6 is 72.6 Å². The van der Waals surface area contributed by atoms with Gasteiger partial charge in [0.25, 0.3) is 0 Å². The number of rotatable bonds is 30. The first kappa shape index (κ1) is 51.0. The molecule has 346 valence electrons. The van der Waals surface area contributed by atoms with Crippen LogP contribution < -0.4 is 0 Å². The molecular formula is C56H79BrOS5. The Bertz CT molecular complexity index is 2260. The number of thiophene rings is 5. The van der Waals surface area contributed by atoms with E-state index >= 15 is 0 Å². The van der Waals surface area contributed by atoms with Crippen molar-refractivity contribution in [2.24, 2.45) is 0 Å². The summed E-state index contributed by atoms with van der Waals surface area (Å²) in [6, 6.07) is 12.2. The molecule has 0 spiro atoms. The van der Waals surface area contributed by atoms with Gasteiger partial charge < -0.3 is 0 Å². The molecule has 1 aromatic carbocycles. The SMILES string of the molecule is CCCCCCCCCCCCc1c2cc(C(CC)(CC)c3ccc(Br)s3)sc2c(CCCCCCCCCCCC)c2cc(-c3sc(C(C)(C)CC)c4sc(C(C)=O)cc34)sc12. The van der Waals surface area contributed by atoms with Gasteiger partial charge in [-0.3, -0.25) is 4.79 Å². The fourth-order valence-electron chi connectivity index (χ4n) is 9.88. The van der Waals surface area contributed by atoms with Gasteiger partial charge in [-0.1, -0.05) is 164 Å². The van der Waals surface area contributed by atoms with Gasteiger partial charge in [-0.15, -0.1) is 56.7 Å². The van der Waals surface area contributed by atoms with Crippen LogP contribution in [0.25, 0.3) is 40.0 Å². The van der Waals surface area contributed by atoms with Crippen LogP contribution in [0, 0.1) is 0 Å². The Hall–Kier alpha value is -1.35. The Kier molecular flexibility index (Phi) is 19.9. The Balaban J connectivity index is 1.43. The zero-order valence-electron chi connectivity index (χ0n) is 40.4. The fraction of sp³-hybridized carbons (Fsp3) is 0.625. The van der Waals surface area contributed by atoms with E-state index in [0.717, 1.165) is 37.0 Å². The van der Waals surface area contributed by atoms with Crippen LogP contribution in [0.4, 0.5) is 0 Å². The van der Waals surface area contributed by atoms with Crippen molar-refractivity contribution in [3.8, 4) is 9.75 Å². The van der Waals surface area contributed by atoms with E-state index in [1.807, 2.05) is 22.7 Å². The molecule has 0 bridgehead atoms. The second-order valence-corrected chi connectivity index (χ2v) is 26.0. The smallest absolute Gasteiger partial charge is 0.169 e. The molecule has 63 heavy (non-hydrogen) atoms. The van der Waals surface area contributed by atoms with E-state index in [9.17, 15) is 4.79 Å². The van der Waals surface area contributed by atoms with Crippen LogP contribution in [-0.4, -0.2) is 5.78 Å². The monoisotopic (exact) mass is 1010 g/mol. The second-order valence-electron chi connectivity index (χ2n) is 19.3. The number of Topliss-reactive ketones (excluding diaryl/α,β-unsaturated/α-hetero) is 1. The maximum absolute atomic E-state index is 12.8. The van der Waals surface area contributed by atoms with Gasteiger partial charge in [0.15, 0.2) is 5.78 Å². The summed E-state index contributed by atoms with van der Waals surface area (Å²) in [7, 11) is 0. The van der Waals surface area contributed by atoms with Crippen LogP contribution in [0.1, 0.15) is 238 Å². The van der Waals surface area contributed by atoms with Gasteiger partial charge >= 0.3 is 0 Å². The number of carbonyl (C=O) groups excluding carboxylic acids is 1. The Morgan fingerprint density at radius 1 is 0.524 bits per heavy atom. The van der Waals surface area contributed by atoms with Gasteiger partial charge in [-0.05, 0) is 120 Å². The number of ketones is 1. The molecule has 7 heteroatoms. The Morgan fingerprint density at radius 3 is 1.51 bits per heavy atom. The zero-order chi connectivity index (χ0) is 45.0. The predicted molar refractivity (Wildman–Crippen MR) is 294 cm³/mol. The van der Waals surface area contributed by atoms with Crippen LogP contribution in [0.2, 0.25) is 0 Å². The third-order valence-corrected chi connectivity index (χ3v) is 22.0. The van der Waals surface area contributed by atoms with Gasteiger partial charge in [0, 0.05) is 45.1 Å². The summed E-state index contributed by atoms with van der Waals surface area (Å²) < 4.78 is 5.68. The van der Waals surface area contributed by atoms with Crippen molar-refractivity contribution in [3.05, 3.63) is 64.8 Å². The maximum Gasteiger partial charge on any atom is 0.169 e. The highest BCUT2D eigenvalue weighted by Crippen LogP contribution is 2.54. The van der Waals surface area contributed by atoms with Gasteiger partial charge in [-0.2, -0.15) is 0 Å². The zero-order valence-corrected chi connectivity index (χ0v) is 46.1. The molecule has 5 aromatic heterocycles. The molecule has 0 unspecified atom stereocenters. The molecule has 0 amide bonds. The largest absolute Gasteiger partial charge is 0.294 e. The number of halogens is 1. The minimum absolute atomic E-state index is 0.0280. The van der Waals surface area contributed by atoms with E-state index in [4.69, 9.17) is 0 Å². The lowest BCUT2D eigenvalue weighted by atomic mass is 9.79. The Morgan fingerprint density at radius 2 is 1.03 bits per heavy atom. The molecule has 6 rings (SSSR count). The van der Waals surface area contributed by atoms with E-state index in [2.05, 4.69) is 117 Å². The number of hydrogen-bond acceptors (Lipinski definition) is 6. The van der Waals surface area contributed by atoms with E-state index < -0.39 is 0 Å². The van der Waals surface area contributed by atoms with Crippen molar-refractivity contribution in [2.45, 2.75) is 227 Å². The third-order valence-electron chi connectivity index (χ3n) is 14.4. The highest BCUT2D eigenvalue weighted by Gasteiger charge is 2.35. The summed E-state index contributed by atoms with van der Waals surface area (Å²) >= 11 is 13.7. The normalized spacial score (nSPS) is 12.6. The van der Waals surface area contributed by atoms with Crippen LogP contribution in [0.15, 0.2) is 34.1 Å². The van der Waals surface area contributed by atoms with Gasteiger partial charge in [0.1, 0.15) is 0 Å². The first-order chi connectivity index (χ1) is 30.5. The van der Waals surface area contributed by atoms with Gasteiger partial charge in [0.2, 0.25) is 0 Å². The number of fused-ring (bicyclic) bond motifs is 3. The summed E-state index contributed by atoms with van der Waals surface area (Å²) in [5.74, 6) is 0.183. The number of hydrogen-bond donors (Lipinski definition) is 0. The molecule has 0 aliphatic rings. The van der Waals surface area contributed by atoms with Crippen molar-refractivity contribution < 1.29 is 4.79 Å². The molecule has 1 nitrogen and oxygen atoms in total. The average Bonchev–Trinajstić information content (AvgIpc) is 4.13. The average molecular weight is 1010 g/mol. The molecule has 0 aliphatic carbocycles. The highest BCUT2D eigenvalue weighted by molar-refractivity contribution is 9.11. The van der Waals surface area contributed by atoms with Crippen molar-refractivity contribution in [3.63, 3.8) is 0 Å². The van der Waals surface area contributed by atoms with Crippen molar-refractivity contribution >= 4 is 109 Å². The third kappa shape index (κ3) is 12.2. The van der Waals surface area contributed by atoms with E-state index in [-0.39, 0.29) is 16.6 Å². The molecule has 0 fully saturated rings. The molecule has 0 aliphatic heterocycles. The second kappa shape index (κ2) is 24.6. The molecule has 0 saturated heterocycles. The van der Waals surface area contributed by atoms with Crippen molar-refractivity contribution in [1.29, 1.82) is 0 Å². The standard InChI is InChI=1S/C56H79BrOS5/c1-9-14-16-18-20-22-24-26-28-30-32-40-42-36-46(52-44-37-45(39(6)58)59-53(44)54(63-52)55(7,8)11-3)60-50(42)41(33-31-29-27-25-23-21-19-17-15-10-2)43-38-48(62-51(40)43)56(12-4,13-5)47-34-35-49(57)61-47/h34-38H,9-33H2,1-8H3. The molecule has 0 N–H and O–H groups in total. The van der Waals surface area contributed by atoms with E-state index in [1.54, 1.807) is 44.4 Å². The number of unbranched alkanes of at least 4 members (excludes halogenated alkanes) is 18. The summed E-state index contributed by atoms with van der Waals surface area (Å²) in [6.45, 7) is 18.3. The first-order valence-electron chi connectivity index (χ1n) is 25.4. The van der Waals surface area contributed by atoms with Gasteiger partial charge in [0.05, 0.1) is 18.2 Å². The van der Waals surface area contributed by atoms with Crippen LogP contribution in [0.3, 0.4) is 0 Å². The molecule has 0 radical (unpaired) electrons. The lowest BCUT2D eigenvalue weighted by molar-refractivity contribution is 0.102. The summed E-state index contributed by atoms with van der Waals surface area (Å²) in [4.78, 5) is 21.0. The van der Waals surface area contributed by atoms with Crippen molar-refractivity contribution in [1.82, 2.24) is 0 Å². The maximum atomic E-state index is 12.8. The Labute approximate surface area is 411 Å². The molecular weight excluding hydrogens is 929 g/mol. The summed E-state index contributed by atoms with van der Waals surface area (Å²) in [6.07, 6.45) is 32.8. The van der Waals surface area contributed by atoms with E-state index in [0.29, 0.717) is 0 Å². The molecule has 0 saturated carbocycles. The lowest BCUT2D eigenvalue weighted by Crippen LogP contribution is -2.23. The minimum Gasteiger partial charge on any atom is -0.294 e. The minimum atomic E-state index is 0.0280. The van der Waals surface area contributed by atoms with Crippen molar-refractivity contribution in [2.75, 3.05) is 0 Å². The topological polar surface area (TPSA) is 17.1 Å². The summed E-state index contributed by atoms with van der Waals surface area (Å²) in [5.41, 5.74) is 3.30. The molecule has 6 aromatic rings. The number of aryl methyl sites for hydroxylation is 2. The molecule has 5 heterocycles. The van der Waals surface area contributed by atoms with Gasteiger partial charge in [-0.25, -0.2) is 0 Å². The number of benzene rings is 1. The molecule has 0 atom stereocenters. The number of carbonyl (C=O) groups is 1. The van der Waals surface area contributed by atoms with E-state index in [1.165, 1.54) is 172 Å². The first-order valence-corrected chi connectivity index (χ1v) is 30.3. The van der Waals surface area contributed by atoms with Crippen LogP contribution in [0.5, 0.6) is 0 Å². The highest BCUT2D eigenvalue weighted by atomic mass is 79.9. The van der Waals surface area contributed by atoms with Crippen LogP contribution in [-0.2, 0) is 23.7 Å². The lowest BCUT2D eigenvalue weighted by Gasteiger charge is -2.29. The quantitative estimate of drug-likeness (QED) is 0.0325. The fourth-order valence-corrected chi connectivity index (χ4v) is 17.5. The summed E-state index contributed by atoms with van der Waals surface area (Å²) in [5, 5.41) is 4.37.